The standard InChI is InChI=1S/C9H7ClN2O6S2/c10-5-1-4-8(19-5)20(16,17)11-9(15)18-12-6(13)2-3-7(12)14/h1-4,13-14H,(H,11,15). The van der Waals surface area contributed by atoms with Crippen LogP contribution in [0.25, 0.3) is 0 Å². The van der Waals surface area contributed by atoms with Crippen molar-refractivity contribution < 1.29 is 28.3 Å². The Bertz CT molecular complexity index is 731. The average molecular weight is 339 g/mol. The maximum atomic E-state index is 11.8. The van der Waals surface area contributed by atoms with E-state index in [1.807, 2.05) is 0 Å². The molecule has 8 nitrogen and oxygen atoms in total. The summed E-state index contributed by atoms with van der Waals surface area (Å²) in [6, 6.07) is 4.68. The summed E-state index contributed by atoms with van der Waals surface area (Å²) in [5.41, 5.74) is 0. The number of nitrogens with zero attached hydrogens (tertiary/aromatic N) is 1. The summed E-state index contributed by atoms with van der Waals surface area (Å²) >= 11 is 6.35. The van der Waals surface area contributed by atoms with Gasteiger partial charge in [0.15, 0.2) is 0 Å². The van der Waals surface area contributed by atoms with Crippen molar-refractivity contribution in [3.8, 4) is 11.8 Å². The number of aromatic nitrogens is 1. The Balaban J connectivity index is 2.12. The summed E-state index contributed by atoms with van der Waals surface area (Å²) in [6.45, 7) is 0. The SMILES string of the molecule is O=C(NS(=O)(=O)c1ccc(Cl)s1)On1c(O)ccc1O. The molecule has 2 heterocycles. The number of thiophene rings is 1. The average Bonchev–Trinajstić information content (AvgIpc) is 2.90. The number of hydrogen-bond donors (Lipinski definition) is 3. The molecular weight excluding hydrogens is 332 g/mol. The molecule has 0 aliphatic rings. The molecule has 0 aliphatic carbocycles. The summed E-state index contributed by atoms with van der Waals surface area (Å²) < 4.78 is 25.5. The van der Waals surface area contributed by atoms with E-state index in [1.165, 1.54) is 12.1 Å². The Morgan fingerprint density at radius 1 is 1.25 bits per heavy atom. The van der Waals surface area contributed by atoms with Gasteiger partial charge in [0.2, 0.25) is 11.8 Å². The zero-order valence-electron chi connectivity index (χ0n) is 9.48. The first kappa shape index (κ1) is 14.5. The van der Waals surface area contributed by atoms with E-state index in [1.54, 1.807) is 4.72 Å². The number of nitrogens with one attached hydrogen (secondary N) is 1. The van der Waals surface area contributed by atoms with Crippen molar-refractivity contribution >= 4 is 39.1 Å². The highest BCUT2D eigenvalue weighted by atomic mass is 35.5. The zero-order chi connectivity index (χ0) is 14.9. The Labute approximate surface area is 121 Å². The summed E-state index contributed by atoms with van der Waals surface area (Å²) in [5, 5.41) is 18.5. The van der Waals surface area contributed by atoms with Crippen molar-refractivity contribution in [1.29, 1.82) is 0 Å². The molecular formula is C9H7ClN2O6S2. The minimum Gasteiger partial charge on any atom is -0.492 e. The molecule has 0 spiro atoms. The molecule has 2 aromatic heterocycles. The minimum atomic E-state index is -4.13. The zero-order valence-corrected chi connectivity index (χ0v) is 11.9. The highest BCUT2D eigenvalue weighted by Gasteiger charge is 2.22. The van der Waals surface area contributed by atoms with Gasteiger partial charge in [0, 0.05) is 12.1 Å². The van der Waals surface area contributed by atoms with Crippen LogP contribution in [0.2, 0.25) is 4.34 Å². The smallest absolute Gasteiger partial charge is 0.446 e. The van der Waals surface area contributed by atoms with Crippen LogP contribution in [0.3, 0.4) is 0 Å². The van der Waals surface area contributed by atoms with Gasteiger partial charge < -0.3 is 15.1 Å². The van der Waals surface area contributed by atoms with E-state index < -0.39 is 27.9 Å². The fraction of sp³-hybridized carbons (Fsp3) is 0. The maximum absolute atomic E-state index is 11.8. The van der Waals surface area contributed by atoms with Gasteiger partial charge in [0.1, 0.15) is 4.21 Å². The number of aromatic hydroxyl groups is 2. The lowest BCUT2D eigenvalue weighted by Gasteiger charge is -2.07. The van der Waals surface area contributed by atoms with Gasteiger partial charge >= 0.3 is 6.09 Å². The van der Waals surface area contributed by atoms with Crippen molar-refractivity contribution in [2.45, 2.75) is 4.21 Å². The summed E-state index contributed by atoms with van der Waals surface area (Å²) in [5.74, 6) is -1.15. The first-order valence-electron chi connectivity index (χ1n) is 4.90. The third-order valence-electron chi connectivity index (χ3n) is 2.00. The molecule has 0 bridgehead atoms. The first-order valence-corrected chi connectivity index (χ1v) is 7.57. The molecule has 0 atom stereocenters. The van der Waals surface area contributed by atoms with E-state index in [2.05, 4.69) is 4.84 Å². The lowest BCUT2D eigenvalue weighted by Crippen LogP contribution is -2.36. The van der Waals surface area contributed by atoms with Crippen molar-refractivity contribution in [1.82, 2.24) is 9.45 Å². The third kappa shape index (κ3) is 2.98. The highest BCUT2D eigenvalue weighted by Crippen LogP contribution is 2.25. The Kier molecular flexibility index (Phi) is 3.79. The minimum absolute atomic E-state index is 0.180. The molecule has 0 aromatic carbocycles. The Morgan fingerprint density at radius 3 is 2.35 bits per heavy atom. The van der Waals surface area contributed by atoms with Gasteiger partial charge in [-0.25, -0.2) is 17.9 Å². The van der Waals surface area contributed by atoms with Gasteiger partial charge in [-0.3, -0.25) is 0 Å². The molecule has 0 radical (unpaired) electrons. The van der Waals surface area contributed by atoms with Crippen LogP contribution in [-0.2, 0) is 10.0 Å². The largest absolute Gasteiger partial charge is 0.492 e. The van der Waals surface area contributed by atoms with Crippen LogP contribution < -0.4 is 9.56 Å². The van der Waals surface area contributed by atoms with Crippen LogP contribution in [0.1, 0.15) is 0 Å². The molecule has 1 amide bonds. The molecule has 11 heteroatoms. The van der Waals surface area contributed by atoms with E-state index in [0.717, 1.165) is 23.5 Å². The molecule has 0 aliphatic heterocycles. The third-order valence-corrected chi connectivity index (χ3v) is 5.04. The number of halogens is 1. The van der Waals surface area contributed by atoms with Crippen LogP contribution in [-0.4, -0.2) is 29.5 Å². The molecule has 0 fully saturated rings. The maximum Gasteiger partial charge on any atom is 0.446 e. The van der Waals surface area contributed by atoms with Gasteiger partial charge in [-0.05, 0) is 12.1 Å². The van der Waals surface area contributed by atoms with Gasteiger partial charge in [-0.15, -0.1) is 16.1 Å². The van der Waals surface area contributed by atoms with Crippen LogP contribution in [0.15, 0.2) is 28.5 Å². The van der Waals surface area contributed by atoms with Crippen molar-refractivity contribution in [3.05, 3.63) is 28.6 Å². The predicted octanol–water partition coefficient (Wildman–Crippen LogP) is 1.14. The number of sulfonamides is 1. The van der Waals surface area contributed by atoms with E-state index in [4.69, 9.17) is 11.6 Å². The van der Waals surface area contributed by atoms with Gasteiger partial charge in [-0.2, -0.15) is 0 Å². The fourth-order valence-electron chi connectivity index (χ4n) is 1.20. The monoisotopic (exact) mass is 338 g/mol. The number of carbonyl (C=O) groups is 1. The van der Waals surface area contributed by atoms with Crippen molar-refractivity contribution in [2.24, 2.45) is 0 Å². The van der Waals surface area contributed by atoms with E-state index in [-0.39, 0.29) is 8.55 Å². The highest BCUT2D eigenvalue weighted by molar-refractivity contribution is 7.92. The topological polar surface area (TPSA) is 118 Å². The van der Waals surface area contributed by atoms with E-state index >= 15 is 0 Å². The van der Waals surface area contributed by atoms with Crippen LogP contribution in [0, 0.1) is 0 Å². The van der Waals surface area contributed by atoms with E-state index in [0.29, 0.717) is 4.73 Å². The molecule has 0 saturated heterocycles. The molecule has 0 unspecified atom stereocenters. The van der Waals surface area contributed by atoms with Crippen LogP contribution >= 0.6 is 22.9 Å². The van der Waals surface area contributed by atoms with Gasteiger partial charge in [0.05, 0.1) is 4.34 Å². The van der Waals surface area contributed by atoms with Crippen LogP contribution in [0.5, 0.6) is 11.8 Å². The number of hydrogen-bond acceptors (Lipinski definition) is 7. The van der Waals surface area contributed by atoms with Gasteiger partial charge in [-0.1, -0.05) is 11.6 Å². The molecule has 0 saturated carbocycles. The summed E-state index contributed by atoms with van der Waals surface area (Å²) in [6.07, 6.45) is -1.41. The Hall–Kier alpha value is -1.91. The van der Waals surface area contributed by atoms with Crippen LogP contribution in [0.4, 0.5) is 4.79 Å². The number of amides is 1. The van der Waals surface area contributed by atoms with Crippen molar-refractivity contribution in [3.63, 3.8) is 0 Å². The first-order chi connectivity index (χ1) is 9.29. The quantitative estimate of drug-likeness (QED) is 0.772. The van der Waals surface area contributed by atoms with E-state index in [9.17, 15) is 23.4 Å². The predicted molar refractivity (Wildman–Crippen MR) is 69.4 cm³/mol. The van der Waals surface area contributed by atoms with Crippen molar-refractivity contribution in [2.75, 3.05) is 0 Å². The lowest BCUT2D eigenvalue weighted by molar-refractivity contribution is 0.113. The Morgan fingerprint density at radius 2 is 1.85 bits per heavy atom. The second-order valence-corrected chi connectivity index (χ2v) is 7.01. The number of carbonyl (C=O) groups excluding carboxylic acids is 1. The number of rotatable bonds is 3. The molecule has 108 valence electrons. The normalized spacial score (nSPS) is 11.2. The lowest BCUT2D eigenvalue weighted by atomic mass is 10.6. The molecule has 2 aromatic rings. The molecule has 20 heavy (non-hydrogen) atoms. The second kappa shape index (κ2) is 5.23. The molecule has 2 rings (SSSR count). The molecule has 3 N–H and O–H groups in total. The van der Waals surface area contributed by atoms with Gasteiger partial charge in [0.25, 0.3) is 10.0 Å². The summed E-state index contributed by atoms with van der Waals surface area (Å²) in [7, 11) is -4.13. The fourth-order valence-corrected chi connectivity index (χ4v) is 3.55. The second-order valence-electron chi connectivity index (χ2n) is 3.39. The summed E-state index contributed by atoms with van der Waals surface area (Å²) in [4.78, 5) is 15.9.